The summed E-state index contributed by atoms with van der Waals surface area (Å²) in [6, 6.07) is 60.7. The fourth-order valence-electron chi connectivity index (χ4n) is 8.57. The van der Waals surface area contributed by atoms with Crippen molar-refractivity contribution >= 4 is 99.0 Å². The maximum Gasteiger partial charge on any atom is 0.137 e. The Labute approximate surface area is 297 Å². The molecule has 4 aromatic heterocycles. The highest BCUT2D eigenvalue weighted by Crippen LogP contribution is 2.45. The van der Waals surface area contributed by atoms with Crippen LogP contribution in [0.3, 0.4) is 0 Å². The third kappa shape index (κ3) is 3.81. The Bertz CT molecular complexity index is 3280. The Hall–Kier alpha value is -7.04. The average Bonchev–Trinajstić information content (AvgIpc) is 3.94. The zero-order chi connectivity index (χ0) is 33.9. The van der Waals surface area contributed by atoms with Gasteiger partial charge < -0.3 is 18.1 Å². The lowest BCUT2D eigenvalue weighted by Gasteiger charge is -2.26. The van der Waals surface area contributed by atoms with Crippen molar-refractivity contribution in [2.75, 3.05) is 4.90 Å². The largest absolute Gasteiger partial charge is 0.456 e. The van der Waals surface area contributed by atoms with Crippen LogP contribution in [0.4, 0.5) is 17.1 Å². The summed E-state index contributed by atoms with van der Waals surface area (Å²) in [5, 5.41) is 9.49. The summed E-state index contributed by atoms with van der Waals surface area (Å²) in [6.45, 7) is 0. The Morgan fingerprint density at radius 1 is 0.327 bits per heavy atom. The minimum Gasteiger partial charge on any atom is -0.456 e. The van der Waals surface area contributed by atoms with Crippen LogP contribution in [-0.2, 0) is 0 Å². The van der Waals surface area contributed by atoms with Crippen LogP contribution in [0.15, 0.2) is 179 Å². The summed E-state index contributed by atoms with van der Waals surface area (Å²) in [6.07, 6.45) is 0. The summed E-state index contributed by atoms with van der Waals surface area (Å²) < 4.78 is 15.1. The third-order valence-corrected chi connectivity index (χ3v) is 10.9. The number of aromatic nitrogens is 1. The second-order valence-electron chi connectivity index (χ2n) is 13.7. The SMILES string of the molecule is c1ccc2c(c1)oc1cc(-c3ccc(N(c4ccc5c(c4)oc4ccccc45)c4cc5c6ccccc6n6c7ccccc7c(c4)c56)cc3)ccc12. The van der Waals surface area contributed by atoms with Crippen molar-refractivity contribution in [2.24, 2.45) is 0 Å². The smallest absolute Gasteiger partial charge is 0.137 e. The predicted octanol–water partition coefficient (Wildman–Crippen LogP) is 13.8. The zero-order valence-electron chi connectivity index (χ0n) is 27.9. The molecule has 0 unspecified atom stereocenters. The van der Waals surface area contributed by atoms with Gasteiger partial charge in [-0.15, -0.1) is 0 Å². The number of fused-ring (bicyclic) bond motifs is 12. The molecule has 12 aromatic rings. The molecule has 0 saturated carbocycles. The predicted molar refractivity (Wildman–Crippen MR) is 216 cm³/mol. The van der Waals surface area contributed by atoms with Gasteiger partial charge in [-0.1, -0.05) is 91.0 Å². The van der Waals surface area contributed by atoms with Gasteiger partial charge in [0.25, 0.3) is 0 Å². The molecule has 4 heterocycles. The van der Waals surface area contributed by atoms with Crippen LogP contribution < -0.4 is 4.90 Å². The highest BCUT2D eigenvalue weighted by Gasteiger charge is 2.22. The van der Waals surface area contributed by atoms with Crippen molar-refractivity contribution in [1.29, 1.82) is 0 Å². The molecule has 0 spiro atoms. The topological polar surface area (TPSA) is 33.9 Å². The number of benzene rings is 8. The van der Waals surface area contributed by atoms with Crippen molar-refractivity contribution in [3.8, 4) is 11.1 Å². The van der Waals surface area contributed by atoms with E-state index in [1.54, 1.807) is 0 Å². The van der Waals surface area contributed by atoms with Crippen LogP contribution in [0.25, 0.3) is 93.1 Å². The molecule has 4 heteroatoms. The number of nitrogens with zero attached hydrogens (tertiary/aromatic N) is 2. The number of rotatable bonds is 4. The minimum absolute atomic E-state index is 0.868. The van der Waals surface area contributed by atoms with E-state index in [1.807, 2.05) is 24.3 Å². The summed E-state index contributed by atoms with van der Waals surface area (Å²) in [7, 11) is 0. The number of hydrogen-bond donors (Lipinski definition) is 0. The van der Waals surface area contributed by atoms with Crippen molar-refractivity contribution < 1.29 is 8.83 Å². The van der Waals surface area contributed by atoms with Crippen LogP contribution in [0.1, 0.15) is 0 Å². The van der Waals surface area contributed by atoms with Crippen LogP contribution in [-0.4, -0.2) is 4.40 Å². The maximum atomic E-state index is 6.43. The standard InChI is InChI=1S/C48H28N2O2/c1-5-13-42-34(9-1)40-26-33(27-41-35-10-2-6-14-43(35)50(42)48(40)41)49(32-22-24-39-37-12-4-8-16-45(37)52-47(39)28-32)31-20-17-29(18-21-31)30-19-23-38-36-11-3-7-15-44(36)51-46(38)25-30/h1-28H. The van der Waals surface area contributed by atoms with E-state index in [0.29, 0.717) is 0 Å². The molecule has 0 aliphatic rings. The first kappa shape index (κ1) is 27.7. The number of hydrogen-bond acceptors (Lipinski definition) is 3. The second kappa shape index (κ2) is 10.3. The first-order chi connectivity index (χ1) is 25.8. The summed E-state index contributed by atoms with van der Waals surface area (Å²) in [5.74, 6) is 0. The van der Waals surface area contributed by atoms with E-state index in [-0.39, 0.29) is 0 Å². The molecule has 242 valence electrons. The molecule has 52 heavy (non-hydrogen) atoms. The molecule has 0 aliphatic carbocycles. The first-order valence-electron chi connectivity index (χ1n) is 17.7. The number of anilines is 3. The van der Waals surface area contributed by atoms with Gasteiger partial charge in [0.2, 0.25) is 0 Å². The van der Waals surface area contributed by atoms with E-state index in [2.05, 4.69) is 155 Å². The third-order valence-electron chi connectivity index (χ3n) is 10.9. The lowest BCUT2D eigenvalue weighted by atomic mass is 10.0. The highest BCUT2D eigenvalue weighted by molar-refractivity contribution is 6.24. The van der Waals surface area contributed by atoms with Gasteiger partial charge in [0.05, 0.1) is 16.6 Å². The fourth-order valence-corrected chi connectivity index (χ4v) is 8.57. The molecule has 0 N–H and O–H groups in total. The van der Waals surface area contributed by atoms with Crippen LogP contribution >= 0.6 is 0 Å². The monoisotopic (exact) mass is 664 g/mol. The molecule has 0 amide bonds. The van der Waals surface area contributed by atoms with Crippen LogP contribution in [0, 0.1) is 0 Å². The van der Waals surface area contributed by atoms with Crippen molar-refractivity contribution in [3.05, 3.63) is 170 Å². The van der Waals surface area contributed by atoms with Crippen LogP contribution in [0.2, 0.25) is 0 Å². The summed E-state index contributed by atoms with van der Waals surface area (Å²) in [5.41, 5.74) is 12.7. The Kier molecular flexibility index (Phi) is 5.47. The lowest BCUT2D eigenvalue weighted by Crippen LogP contribution is -2.09. The lowest BCUT2D eigenvalue weighted by molar-refractivity contribution is 0.668. The Morgan fingerprint density at radius 3 is 1.44 bits per heavy atom. The molecule has 0 bridgehead atoms. The second-order valence-corrected chi connectivity index (χ2v) is 13.7. The van der Waals surface area contributed by atoms with Gasteiger partial charge in [-0.25, -0.2) is 0 Å². The van der Waals surface area contributed by atoms with Gasteiger partial charge in [-0.05, 0) is 83.9 Å². The van der Waals surface area contributed by atoms with E-state index in [1.165, 1.54) is 38.1 Å². The molecule has 8 aromatic carbocycles. The van der Waals surface area contributed by atoms with Gasteiger partial charge in [0.15, 0.2) is 0 Å². The maximum absolute atomic E-state index is 6.43. The summed E-state index contributed by atoms with van der Waals surface area (Å²) >= 11 is 0. The Balaban J connectivity index is 1.07. The summed E-state index contributed by atoms with van der Waals surface area (Å²) in [4.78, 5) is 2.36. The van der Waals surface area contributed by atoms with Gasteiger partial charge >= 0.3 is 0 Å². The van der Waals surface area contributed by atoms with Gasteiger partial charge in [0, 0.05) is 66.2 Å². The normalized spacial score (nSPS) is 12.2. The number of para-hydroxylation sites is 4. The van der Waals surface area contributed by atoms with Crippen molar-refractivity contribution in [1.82, 2.24) is 4.40 Å². The molecule has 0 radical (unpaired) electrons. The fraction of sp³-hybridized carbons (Fsp3) is 0. The number of furan rings is 2. The van der Waals surface area contributed by atoms with Gasteiger partial charge in [-0.3, -0.25) is 0 Å². The van der Waals surface area contributed by atoms with Gasteiger partial charge in [-0.2, -0.15) is 0 Å². The molecule has 0 atom stereocenters. The Morgan fingerprint density at radius 2 is 0.808 bits per heavy atom. The molecular weight excluding hydrogens is 637 g/mol. The first-order valence-corrected chi connectivity index (χ1v) is 17.7. The van der Waals surface area contributed by atoms with Crippen LogP contribution in [0.5, 0.6) is 0 Å². The molecule has 0 aliphatic heterocycles. The van der Waals surface area contributed by atoms with Crippen molar-refractivity contribution in [2.45, 2.75) is 0 Å². The van der Waals surface area contributed by atoms with E-state index in [0.717, 1.165) is 72.1 Å². The zero-order valence-corrected chi connectivity index (χ0v) is 27.9. The molecular formula is C48H28N2O2. The van der Waals surface area contributed by atoms with Crippen molar-refractivity contribution in [3.63, 3.8) is 0 Å². The van der Waals surface area contributed by atoms with E-state index < -0.39 is 0 Å². The average molecular weight is 665 g/mol. The minimum atomic E-state index is 0.868. The molecule has 4 nitrogen and oxygen atoms in total. The quantitative estimate of drug-likeness (QED) is 0.188. The van der Waals surface area contributed by atoms with E-state index in [4.69, 9.17) is 8.83 Å². The van der Waals surface area contributed by atoms with Gasteiger partial charge in [0.1, 0.15) is 22.3 Å². The molecule has 0 saturated heterocycles. The molecule has 0 fully saturated rings. The van der Waals surface area contributed by atoms with E-state index in [9.17, 15) is 0 Å². The van der Waals surface area contributed by atoms with E-state index >= 15 is 0 Å². The highest BCUT2D eigenvalue weighted by atomic mass is 16.3. The molecule has 12 rings (SSSR count).